The summed E-state index contributed by atoms with van der Waals surface area (Å²) in [5.41, 5.74) is 2.00. The molecular weight excluding hydrogens is 268 g/mol. The van der Waals surface area contributed by atoms with Crippen LogP contribution in [0.1, 0.15) is 18.5 Å². The Morgan fingerprint density at radius 1 is 1.52 bits per heavy atom. The highest BCUT2D eigenvalue weighted by Crippen LogP contribution is 2.17. The largest absolute Gasteiger partial charge is 0.395 e. The van der Waals surface area contributed by atoms with E-state index in [4.69, 9.17) is 5.11 Å². The number of benzene rings is 1. The molecule has 112 valence electrons. The van der Waals surface area contributed by atoms with Crippen molar-refractivity contribution in [1.29, 1.82) is 0 Å². The molecule has 21 heavy (non-hydrogen) atoms. The van der Waals surface area contributed by atoms with Crippen LogP contribution >= 0.6 is 0 Å². The number of nitrogens with zero attached hydrogens (tertiary/aromatic N) is 3. The minimum Gasteiger partial charge on any atom is -0.395 e. The second kappa shape index (κ2) is 6.90. The molecule has 6 heteroatoms. The van der Waals surface area contributed by atoms with Gasteiger partial charge in [-0.3, -0.25) is 0 Å². The van der Waals surface area contributed by atoms with Crippen LogP contribution in [-0.2, 0) is 0 Å². The lowest BCUT2D eigenvalue weighted by atomic mass is 10.1. The van der Waals surface area contributed by atoms with E-state index in [2.05, 4.69) is 10.3 Å². The number of aliphatic hydroxyl groups is 1. The third-order valence-corrected chi connectivity index (χ3v) is 3.29. The molecule has 0 radical (unpaired) electrons. The molecule has 0 aliphatic heterocycles. The Labute approximate surface area is 124 Å². The fourth-order valence-corrected chi connectivity index (χ4v) is 2.00. The van der Waals surface area contributed by atoms with E-state index >= 15 is 0 Å². The molecule has 1 atom stereocenters. The van der Waals surface area contributed by atoms with Gasteiger partial charge in [0.2, 0.25) is 0 Å². The number of imidazole rings is 1. The zero-order valence-corrected chi connectivity index (χ0v) is 12.2. The van der Waals surface area contributed by atoms with Gasteiger partial charge < -0.3 is 19.9 Å². The molecule has 2 amide bonds. The summed E-state index contributed by atoms with van der Waals surface area (Å²) in [7, 11) is 1.65. The summed E-state index contributed by atoms with van der Waals surface area (Å²) < 4.78 is 1.91. The van der Waals surface area contributed by atoms with E-state index in [1.807, 2.05) is 42.0 Å². The molecule has 0 aliphatic rings. The van der Waals surface area contributed by atoms with E-state index in [1.165, 1.54) is 4.90 Å². The maximum absolute atomic E-state index is 11.9. The molecule has 1 heterocycles. The first-order chi connectivity index (χ1) is 10.1. The molecule has 1 aromatic heterocycles. The standard InChI is InChI=1S/C15H20N4O2/c1-12(17-15(21)18(2)8-9-20)13-4-3-5-14(10-13)19-7-6-16-11-19/h3-7,10-12,20H,8-9H2,1-2H3,(H,17,21). The molecule has 2 N–H and O–H groups in total. The normalized spacial score (nSPS) is 12.0. The van der Waals surface area contributed by atoms with Crippen LogP contribution in [0.2, 0.25) is 0 Å². The van der Waals surface area contributed by atoms with Gasteiger partial charge in [0.15, 0.2) is 0 Å². The van der Waals surface area contributed by atoms with Gasteiger partial charge >= 0.3 is 6.03 Å². The summed E-state index contributed by atoms with van der Waals surface area (Å²) >= 11 is 0. The first-order valence-electron chi connectivity index (χ1n) is 6.82. The first kappa shape index (κ1) is 15.1. The van der Waals surface area contributed by atoms with E-state index in [-0.39, 0.29) is 18.7 Å². The maximum atomic E-state index is 11.9. The molecule has 6 nitrogen and oxygen atoms in total. The summed E-state index contributed by atoms with van der Waals surface area (Å²) in [5, 5.41) is 11.8. The average molecular weight is 288 g/mol. The highest BCUT2D eigenvalue weighted by atomic mass is 16.3. The van der Waals surface area contributed by atoms with Gasteiger partial charge in [-0.25, -0.2) is 9.78 Å². The zero-order chi connectivity index (χ0) is 15.2. The van der Waals surface area contributed by atoms with Gasteiger partial charge in [0.1, 0.15) is 0 Å². The highest BCUT2D eigenvalue weighted by Gasteiger charge is 2.13. The molecule has 0 saturated heterocycles. The number of amides is 2. The predicted octanol–water partition coefficient (Wildman–Crippen LogP) is 1.57. The van der Waals surface area contributed by atoms with Crippen molar-refractivity contribution >= 4 is 6.03 Å². The Hall–Kier alpha value is -2.34. The van der Waals surface area contributed by atoms with Gasteiger partial charge in [-0.2, -0.15) is 0 Å². The first-order valence-corrected chi connectivity index (χ1v) is 6.82. The van der Waals surface area contributed by atoms with Crippen molar-refractivity contribution in [2.45, 2.75) is 13.0 Å². The molecule has 1 aromatic carbocycles. The summed E-state index contributed by atoms with van der Waals surface area (Å²) in [6, 6.07) is 7.59. The monoisotopic (exact) mass is 288 g/mol. The van der Waals surface area contributed by atoms with E-state index in [0.29, 0.717) is 6.54 Å². The number of hydrogen-bond acceptors (Lipinski definition) is 3. The molecule has 0 aliphatic carbocycles. The number of carbonyl (C=O) groups excluding carboxylic acids is 1. The van der Waals surface area contributed by atoms with Gasteiger partial charge in [0.05, 0.1) is 19.0 Å². The lowest BCUT2D eigenvalue weighted by Gasteiger charge is -2.21. The van der Waals surface area contributed by atoms with Crippen LogP contribution in [0.3, 0.4) is 0 Å². The Balaban J connectivity index is 2.07. The van der Waals surface area contributed by atoms with Crippen LogP contribution in [-0.4, -0.2) is 45.8 Å². The molecule has 0 saturated carbocycles. The number of urea groups is 1. The molecule has 0 spiro atoms. The number of likely N-dealkylation sites (N-methyl/N-ethyl adjacent to an activating group) is 1. The number of aliphatic hydroxyl groups excluding tert-OH is 1. The van der Waals surface area contributed by atoms with Crippen LogP contribution in [0, 0.1) is 0 Å². The number of aromatic nitrogens is 2. The Kier molecular flexibility index (Phi) is 4.94. The van der Waals surface area contributed by atoms with Gasteiger partial charge in [-0.05, 0) is 24.6 Å². The second-order valence-electron chi connectivity index (χ2n) is 4.88. The molecule has 2 aromatic rings. The van der Waals surface area contributed by atoms with Gasteiger partial charge in [0.25, 0.3) is 0 Å². The van der Waals surface area contributed by atoms with E-state index in [9.17, 15) is 4.79 Å². The molecule has 2 rings (SSSR count). The van der Waals surface area contributed by atoms with Crippen LogP contribution in [0.5, 0.6) is 0 Å². The second-order valence-corrected chi connectivity index (χ2v) is 4.88. The zero-order valence-electron chi connectivity index (χ0n) is 12.2. The molecule has 1 unspecified atom stereocenters. The van der Waals surface area contributed by atoms with Crippen LogP contribution in [0.4, 0.5) is 4.79 Å². The van der Waals surface area contributed by atoms with Crippen LogP contribution in [0.25, 0.3) is 5.69 Å². The van der Waals surface area contributed by atoms with E-state index in [0.717, 1.165) is 11.3 Å². The molecule has 0 bridgehead atoms. The summed E-state index contributed by atoms with van der Waals surface area (Å²) in [6.07, 6.45) is 5.33. The van der Waals surface area contributed by atoms with Crippen molar-refractivity contribution < 1.29 is 9.90 Å². The number of hydrogen-bond donors (Lipinski definition) is 2. The van der Waals surface area contributed by atoms with Crippen molar-refractivity contribution in [3.63, 3.8) is 0 Å². The van der Waals surface area contributed by atoms with Gasteiger partial charge in [-0.15, -0.1) is 0 Å². The van der Waals surface area contributed by atoms with Gasteiger partial charge in [0, 0.05) is 31.7 Å². The third kappa shape index (κ3) is 3.82. The topological polar surface area (TPSA) is 70.4 Å². The predicted molar refractivity (Wildman–Crippen MR) is 80.2 cm³/mol. The highest BCUT2D eigenvalue weighted by molar-refractivity contribution is 5.74. The SMILES string of the molecule is CC(NC(=O)N(C)CCO)c1cccc(-n2ccnc2)c1. The van der Waals surface area contributed by atoms with E-state index in [1.54, 1.807) is 19.6 Å². The lowest BCUT2D eigenvalue weighted by molar-refractivity contribution is 0.188. The maximum Gasteiger partial charge on any atom is 0.317 e. The van der Waals surface area contributed by atoms with Crippen molar-refractivity contribution in [3.05, 3.63) is 48.5 Å². The van der Waals surface area contributed by atoms with Crippen molar-refractivity contribution in [2.24, 2.45) is 0 Å². The quantitative estimate of drug-likeness (QED) is 0.877. The van der Waals surface area contributed by atoms with E-state index < -0.39 is 0 Å². The van der Waals surface area contributed by atoms with Crippen molar-refractivity contribution in [3.8, 4) is 5.69 Å². The van der Waals surface area contributed by atoms with Crippen molar-refractivity contribution in [1.82, 2.24) is 19.8 Å². The lowest BCUT2D eigenvalue weighted by Crippen LogP contribution is -2.39. The smallest absolute Gasteiger partial charge is 0.317 e. The fourth-order valence-electron chi connectivity index (χ4n) is 2.00. The molecule has 0 fully saturated rings. The number of carbonyl (C=O) groups is 1. The minimum absolute atomic E-state index is 0.0472. The third-order valence-electron chi connectivity index (χ3n) is 3.29. The van der Waals surface area contributed by atoms with Gasteiger partial charge in [-0.1, -0.05) is 12.1 Å². The number of rotatable bonds is 5. The summed E-state index contributed by atoms with van der Waals surface area (Å²) in [5.74, 6) is 0. The van der Waals surface area contributed by atoms with Crippen LogP contribution in [0.15, 0.2) is 43.0 Å². The fraction of sp³-hybridized carbons (Fsp3) is 0.333. The Morgan fingerprint density at radius 3 is 3.00 bits per heavy atom. The molecular formula is C15H20N4O2. The summed E-state index contributed by atoms with van der Waals surface area (Å²) in [4.78, 5) is 17.4. The summed E-state index contributed by atoms with van der Waals surface area (Å²) in [6.45, 7) is 2.19. The van der Waals surface area contributed by atoms with Crippen molar-refractivity contribution in [2.75, 3.05) is 20.2 Å². The Morgan fingerprint density at radius 2 is 2.33 bits per heavy atom. The Bertz CT molecular complexity index is 583. The minimum atomic E-state index is -0.204. The van der Waals surface area contributed by atoms with Crippen LogP contribution < -0.4 is 5.32 Å². The number of nitrogens with one attached hydrogen (secondary N) is 1. The average Bonchev–Trinajstić information content (AvgIpc) is 3.01.